The summed E-state index contributed by atoms with van der Waals surface area (Å²) in [6, 6.07) is 64.5. The maximum Gasteiger partial charge on any atom is 0.0546 e. The quantitative estimate of drug-likeness (QED) is 0.176. The summed E-state index contributed by atoms with van der Waals surface area (Å²) in [4.78, 5) is 2.43. The summed E-state index contributed by atoms with van der Waals surface area (Å²) in [7, 11) is 0. The first-order chi connectivity index (χ1) is 23.8. The fourth-order valence-electron chi connectivity index (χ4n) is 7.59. The molecule has 0 bridgehead atoms. The van der Waals surface area contributed by atoms with Crippen LogP contribution >= 0.6 is 11.3 Å². The summed E-state index contributed by atoms with van der Waals surface area (Å²) in [5, 5.41) is 12.7. The van der Waals surface area contributed by atoms with E-state index in [1.165, 1.54) is 80.1 Å². The molecule has 0 fully saturated rings. The Morgan fingerprint density at radius 3 is 1.85 bits per heavy atom. The molecule has 0 saturated carbocycles. The van der Waals surface area contributed by atoms with Crippen molar-refractivity contribution in [1.82, 2.24) is 0 Å². The van der Waals surface area contributed by atoms with E-state index in [-0.39, 0.29) is 0 Å². The molecule has 1 aromatic heterocycles. The molecule has 0 radical (unpaired) electrons. The van der Waals surface area contributed by atoms with Gasteiger partial charge in [0.05, 0.1) is 5.69 Å². The molecule has 1 nitrogen and oxygen atoms in total. The van der Waals surface area contributed by atoms with Crippen LogP contribution in [0.15, 0.2) is 176 Å². The van der Waals surface area contributed by atoms with E-state index >= 15 is 0 Å². The van der Waals surface area contributed by atoms with Crippen molar-refractivity contribution in [2.75, 3.05) is 4.90 Å². The zero-order valence-corrected chi connectivity index (χ0v) is 26.9. The number of rotatable bonds is 4. The van der Waals surface area contributed by atoms with E-state index in [1.807, 2.05) is 11.3 Å². The van der Waals surface area contributed by atoms with Gasteiger partial charge in [0.1, 0.15) is 0 Å². The van der Waals surface area contributed by atoms with Crippen LogP contribution in [0, 0.1) is 0 Å². The van der Waals surface area contributed by atoms with Crippen LogP contribution in [0.3, 0.4) is 0 Å². The second kappa shape index (κ2) is 10.8. The molecule has 0 N–H and O–H groups in total. The molecular weight excluding hydrogens is 599 g/mol. The molecule has 224 valence electrons. The van der Waals surface area contributed by atoms with Crippen LogP contribution in [0.5, 0.6) is 0 Å². The Kier molecular flexibility index (Phi) is 6.12. The largest absolute Gasteiger partial charge is 0.310 e. The molecule has 9 aromatic carbocycles. The van der Waals surface area contributed by atoms with Crippen molar-refractivity contribution < 1.29 is 0 Å². The number of nitrogens with zero attached hydrogens (tertiary/aromatic N) is 1. The van der Waals surface area contributed by atoms with E-state index in [9.17, 15) is 0 Å². The molecule has 0 aliphatic heterocycles. The Morgan fingerprint density at radius 1 is 0.354 bits per heavy atom. The first-order valence-electron chi connectivity index (χ1n) is 16.4. The fraction of sp³-hybridized carbons (Fsp3) is 0. The van der Waals surface area contributed by atoms with Gasteiger partial charge in [0.2, 0.25) is 0 Å². The third-order valence-corrected chi connectivity index (χ3v) is 10.9. The minimum Gasteiger partial charge on any atom is -0.310 e. The normalized spacial score (nSPS) is 11.8. The number of fused-ring (bicyclic) bond motifs is 9. The highest BCUT2D eigenvalue weighted by Gasteiger charge is 2.19. The molecule has 0 unspecified atom stereocenters. The molecule has 0 atom stereocenters. The van der Waals surface area contributed by atoms with Gasteiger partial charge in [-0.25, -0.2) is 0 Å². The second-order valence-electron chi connectivity index (χ2n) is 12.5. The van der Waals surface area contributed by atoms with E-state index in [0.29, 0.717) is 0 Å². The average molecular weight is 628 g/mol. The number of anilines is 3. The molecule has 10 aromatic rings. The number of hydrogen-bond acceptors (Lipinski definition) is 2. The highest BCUT2D eigenvalue weighted by Crippen LogP contribution is 2.46. The first-order valence-corrected chi connectivity index (χ1v) is 17.2. The summed E-state index contributed by atoms with van der Waals surface area (Å²) < 4.78 is 2.60. The van der Waals surface area contributed by atoms with Crippen molar-refractivity contribution in [2.45, 2.75) is 0 Å². The number of para-hydroxylation sites is 1. The van der Waals surface area contributed by atoms with Crippen molar-refractivity contribution in [3.8, 4) is 11.1 Å². The Morgan fingerprint density at radius 2 is 1.02 bits per heavy atom. The van der Waals surface area contributed by atoms with Gasteiger partial charge in [0.25, 0.3) is 0 Å². The van der Waals surface area contributed by atoms with E-state index in [2.05, 4.69) is 181 Å². The van der Waals surface area contributed by atoms with Gasteiger partial charge in [-0.05, 0) is 97.4 Å². The Labute approximate surface area is 282 Å². The van der Waals surface area contributed by atoms with E-state index in [4.69, 9.17) is 0 Å². The van der Waals surface area contributed by atoms with Gasteiger partial charge in [-0.2, -0.15) is 0 Å². The molecular formula is C46H29NS. The predicted molar refractivity (Wildman–Crippen MR) is 209 cm³/mol. The summed E-state index contributed by atoms with van der Waals surface area (Å²) in [6.07, 6.45) is 0. The van der Waals surface area contributed by atoms with Gasteiger partial charge in [0, 0.05) is 36.9 Å². The van der Waals surface area contributed by atoms with E-state index in [1.54, 1.807) is 0 Å². The Bertz CT molecular complexity index is 2850. The third-order valence-electron chi connectivity index (χ3n) is 9.80. The predicted octanol–water partition coefficient (Wildman–Crippen LogP) is 13.8. The summed E-state index contributed by atoms with van der Waals surface area (Å²) >= 11 is 1.87. The van der Waals surface area contributed by atoms with Gasteiger partial charge in [-0.1, -0.05) is 127 Å². The summed E-state index contributed by atoms with van der Waals surface area (Å²) in [5.41, 5.74) is 5.98. The average Bonchev–Trinajstić information content (AvgIpc) is 3.53. The highest BCUT2D eigenvalue weighted by molar-refractivity contribution is 7.26. The lowest BCUT2D eigenvalue weighted by Crippen LogP contribution is -2.10. The lowest BCUT2D eigenvalue weighted by Gasteiger charge is -2.27. The lowest BCUT2D eigenvalue weighted by molar-refractivity contribution is 1.31. The van der Waals surface area contributed by atoms with Crippen molar-refractivity contribution in [1.29, 1.82) is 0 Å². The zero-order chi connectivity index (χ0) is 31.6. The lowest BCUT2D eigenvalue weighted by atomic mass is 9.94. The van der Waals surface area contributed by atoms with Crippen LogP contribution in [0.4, 0.5) is 17.1 Å². The number of thiophene rings is 1. The first kappa shape index (κ1) is 27.2. The topological polar surface area (TPSA) is 3.24 Å². The monoisotopic (exact) mass is 627 g/mol. The molecule has 1 heterocycles. The van der Waals surface area contributed by atoms with Crippen molar-refractivity contribution in [3.63, 3.8) is 0 Å². The van der Waals surface area contributed by atoms with Crippen LogP contribution in [-0.4, -0.2) is 0 Å². The zero-order valence-electron chi connectivity index (χ0n) is 26.1. The minimum absolute atomic E-state index is 1.14. The van der Waals surface area contributed by atoms with Crippen LogP contribution in [0.1, 0.15) is 0 Å². The standard InChI is InChI=1S/C46H29NS/c1-2-13-34(14-3-1)47(43-28-32-12-5-7-16-37(32)39-17-8-9-18-40(39)43)35-25-26-44-42(29-35)46-38(19-10-20-45(46)48-44)33-24-23-31-22-21-30-11-4-6-15-36(30)41(31)27-33/h1-29H. The molecule has 0 aliphatic carbocycles. The third kappa shape index (κ3) is 4.24. The van der Waals surface area contributed by atoms with Crippen LogP contribution < -0.4 is 4.90 Å². The fourth-order valence-corrected chi connectivity index (χ4v) is 8.70. The molecule has 2 heteroatoms. The van der Waals surface area contributed by atoms with E-state index < -0.39 is 0 Å². The Balaban J connectivity index is 1.23. The maximum atomic E-state index is 2.43. The molecule has 10 rings (SSSR count). The molecule has 0 aliphatic rings. The highest BCUT2D eigenvalue weighted by atomic mass is 32.1. The second-order valence-corrected chi connectivity index (χ2v) is 13.6. The number of benzene rings is 9. The van der Waals surface area contributed by atoms with Crippen molar-refractivity contribution in [2.24, 2.45) is 0 Å². The van der Waals surface area contributed by atoms with Crippen molar-refractivity contribution in [3.05, 3.63) is 176 Å². The van der Waals surface area contributed by atoms with Crippen LogP contribution in [0.25, 0.3) is 74.4 Å². The summed E-state index contributed by atoms with van der Waals surface area (Å²) in [6.45, 7) is 0. The smallest absolute Gasteiger partial charge is 0.0546 e. The van der Waals surface area contributed by atoms with Gasteiger partial charge in [0.15, 0.2) is 0 Å². The Hall–Kier alpha value is -5.96. The summed E-state index contributed by atoms with van der Waals surface area (Å²) in [5.74, 6) is 0. The van der Waals surface area contributed by atoms with Gasteiger partial charge < -0.3 is 4.90 Å². The van der Waals surface area contributed by atoms with Gasteiger partial charge in [-0.15, -0.1) is 11.3 Å². The molecule has 0 spiro atoms. The van der Waals surface area contributed by atoms with Gasteiger partial charge in [-0.3, -0.25) is 0 Å². The molecule has 48 heavy (non-hydrogen) atoms. The van der Waals surface area contributed by atoms with Crippen LogP contribution in [0.2, 0.25) is 0 Å². The van der Waals surface area contributed by atoms with Crippen molar-refractivity contribution >= 4 is 91.7 Å². The van der Waals surface area contributed by atoms with Crippen LogP contribution in [-0.2, 0) is 0 Å². The maximum absolute atomic E-state index is 2.43. The molecule has 0 saturated heterocycles. The number of hydrogen-bond donors (Lipinski definition) is 0. The SMILES string of the molecule is c1ccc(N(c2ccc3sc4cccc(-c5ccc6ccc7ccccc7c6c5)c4c3c2)c2cc3ccccc3c3ccccc23)cc1. The molecule has 0 amide bonds. The minimum atomic E-state index is 1.14. The van der Waals surface area contributed by atoms with E-state index in [0.717, 1.165) is 11.4 Å². The van der Waals surface area contributed by atoms with Gasteiger partial charge >= 0.3 is 0 Å².